The average molecular weight is 221 g/mol. The summed E-state index contributed by atoms with van der Waals surface area (Å²) in [5.41, 5.74) is 3.68. The van der Waals surface area contributed by atoms with Crippen LogP contribution >= 0.6 is 0 Å². The van der Waals surface area contributed by atoms with Crippen molar-refractivity contribution in [3.8, 4) is 5.75 Å². The van der Waals surface area contributed by atoms with Gasteiger partial charge in [-0.15, -0.1) is 0 Å². The highest BCUT2D eigenvalue weighted by Crippen LogP contribution is 2.28. The Bertz CT molecular complexity index is 372. The lowest BCUT2D eigenvalue weighted by molar-refractivity contribution is -0.0798. The highest BCUT2D eigenvalue weighted by atomic mass is 16.6. The molecule has 0 aromatic heterocycles. The zero-order chi connectivity index (χ0) is 11.5. The van der Waals surface area contributed by atoms with E-state index in [9.17, 15) is 0 Å². The van der Waals surface area contributed by atoms with E-state index in [-0.39, 0.29) is 6.10 Å². The predicted molar refractivity (Wildman–Crippen MR) is 65.3 cm³/mol. The van der Waals surface area contributed by atoms with E-state index < -0.39 is 0 Å². The summed E-state index contributed by atoms with van der Waals surface area (Å²) in [6, 6.07) is 4.28. The SMILES string of the molecule is CCc1cc(C)c(OC2COC2)cc1NC. The minimum absolute atomic E-state index is 0.232. The Morgan fingerprint density at radius 2 is 2.19 bits per heavy atom. The summed E-state index contributed by atoms with van der Waals surface area (Å²) in [5.74, 6) is 0.967. The highest BCUT2D eigenvalue weighted by Gasteiger charge is 2.21. The third-order valence-corrected chi connectivity index (χ3v) is 2.95. The number of anilines is 1. The van der Waals surface area contributed by atoms with E-state index in [1.807, 2.05) is 7.05 Å². The van der Waals surface area contributed by atoms with Gasteiger partial charge in [0.1, 0.15) is 11.9 Å². The second kappa shape index (κ2) is 4.74. The van der Waals surface area contributed by atoms with Gasteiger partial charge in [0.15, 0.2) is 0 Å². The molecule has 0 atom stereocenters. The second-order valence-corrected chi connectivity index (χ2v) is 4.16. The van der Waals surface area contributed by atoms with Crippen LogP contribution in [0.1, 0.15) is 18.1 Å². The van der Waals surface area contributed by atoms with Crippen LogP contribution in [-0.4, -0.2) is 26.4 Å². The van der Waals surface area contributed by atoms with Gasteiger partial charge < -0.3 is 14.8 Å². The Morgan fingerprint density at radius 3 is 2.69 bits per heavy atom. The smallest absolute Gasteiger partial charge is 0.145 e. The van der Waals surface area contributed by atoms with Crippen molar-refractivity contribution in [2.75, 3.05) is 25.6 Å². The molecule has 0 saturated carbocycles. The summed E-state index contributed by atoms with van der Waals surface area (Å²) in [6.45, 7) is 5.68. The fourth-order valence-electron chi connectivity index (χ4n) is 1.86. The molecule has 16 heavy (non-hydrogen) atoms. The number of hydrogen-bond donors (Lipinski definition) is 1. The van der Waals surface area contributed by atoms with E-state index >= 15 is 0 Å². The molecule has 3 heteroatoms. The molecule has 0 bridgehead atoms. The first-order valence-electron chi connectivity index (χ1n) is 5.80. The first-order chi connectivity index (χ1) is 7.74. The van der Waals surface area contributed by atoms with Gasteiger partial charge in [-0.2, -0.15) is 0 Å². The second-order valence-electron chi connectivity index (χ2n) is 4.16. The van der Waals surface area contributed by atoms with Crippen molar-refractivity contribution < 1.29 is 9.47 Å². The van der Waals surface area contributed by atoms with Gasteiger partial charge in [-0.05, 0) is 24.5 Å². The third-order valence-electron chi connectivity index (χ3n) is 2.95. The molecule has 1 aliphatic heterocycles. The van der Waals surface area contributed by atoms with Crippen LogP contribution in [0.25, 0.3) is 0 Å². The Kier molecular flexibility index (Phi) is 3.34. The van der Waals surface area contributed by atoms with E-state index in [1.54, 1.807) is 0 Å². The van der Waals surface area contributed by atoms with Crippen LogP contribution < -0.4 is 10.1 Å². The molecule has 0 unspecified atom stereocenters. The summed E-state index contributed by atoms with van der Waals surface area (Å²) in [7, 11) is 1.94. The summed E-state index contributed by atoms with van der Waals surface area (Å²) in [5, 5.41) is 3.21. The Morgan fingerprint density at radius 1 is 1.44 bits per heavy atom. The van der Waals surface area contributed by atoms with Gasteiger partial charge in [0.2, 0.25) is 0 Å². The van der Waals surface area contributed by atoms with E-state index in [0.717, 1.165) is 17.9 Å². The van der Waals surface area contributed by atoms with Crippen LogP contribution in [0.3, 0.4) is 0 Å². The molecule has 2 rings (SSSR count). The van der Waals surface area contributed by atoms with Crippen molar-refractivity contribution in [2.24, 2.45) is 0 Å². The van der Waals surface area contributed by atoms with Crippen molar-refractivity contribution in [1.82, 2.24) is 0 Å². The molecule has 88 valence electrons. The predicted octanol–water partition coefficient (Wildman–Crippen LogP) is 2.38. The van der Waals surface area contributed by atoms with Crippen LogP contribution in [0.2, 0.25) is 0 Å². The molecule has 0 spiro atoms. The Labute approximate surface area is 96.8 Å². The molecule has 3 nitrogen and oxygen atoms in total. The lowest BCUT2D eigenvalue weighted by atomic mass is 10.1. The number of rotatable bonds is 4. The number of nitrogens with one attached hydrogen (secondary N) is 1. The van der Waals surface area contributed by atoms with Gasteiger partial charge in [-0.1, -0.05) is 13.0 Å². The summed E-state index contributed by atoms with van der Waals surface area (Å²) in [6.07, 6.45) is 1.26. The van der Waals surface area contributed by atoms with Crippen LogP contribution in [-0.2, 0) is 11.2 Å². The van der Waals surface area contributed by atoms with E-state index in [2.05, 4.69) is 31.3 Å². The number of ether oxygens (including phenoxy) is 2. The molecular weight excluding hydrogens is 202 g/mol. The minimum Gasteiger partial charge on any atom is -0.485 e. The van der Waals surface area contributed by atoms with Crippen LogP contribution in [0.5, 0.6) is 5.75 Å². The summed E-state index contributed by atoms with van der Waals surface area (Å²) < 4.78 is 11.0. The molecular formula is C13H19NO2. The van der Waals surface area contributed by atoms with E-state index in [0.29, 0.717) is 13.2 Å². The third kappa shape index (κ3) is 2.14. The normalized spacial score (nSPS) is 15.7. The fourth-order valence-corrected chi connectivity index (χ4v) is 1.86. The monoisotopic (exact) mass is 221 g/mol. The molecule has 1 heterocycles. The lowest BCUT2D eigenvalue weighted by Crippen LogP contribution is -2.38. The lowest BCUT2D eigenvalue weighted by Gasteiger charge is -2.28. The molecule has 1 fully saturated rings. The molecule has 1 aromatic rings. The number of hydrogen-bond acceptors (Lipinski definition) is 3. The maximum atomic E-state index is 5.86. The molecule has 1 N–H and O–H groups in total. The van der Waals surface area contributed by atoms with Gasteiger partial charge in [-0.25, -0.2) is 0 Å². The van der Waals surface area contributed by atoms with E-state index in [4.69, 9.17) is 9.47 Å². The number of aryl methyl sites for hydroxylation is 2. The molecule has 1 aromatic carbocycles. The minimum atomic E-state index is 0.232. The largest absolute Gasteiger partial charge is 0.485 e. The Balaban J connectivity index is 2.22. The van der Waals surface area contributed by atoms with Gasteiger partial charge in [0.05, 0.1) is 13.2 Å². The zero-order valence-electron chi connectivity index (χ0n) is 10.2. The van der Waals surface area contributed by atoms with Crippen molar-refractivity contribution in [3.63, 3.8) is 0 Å². The zero-order valence-corrected chi connectivity index (χ0v) is 10.2. The molecule has 1 aliphatic rings. The van der Waals surface area contributed by atoms with Gasteiger partial charge in [0.25, 0.3) is 0 Å². The van der Waals surface area contributed by atoms with Gasteiger partial charge >= 0.3 is 0 Å². The maximum absolute atomic E-state index is 5.86. The van der Waals surface area contributed by atoms with Crippen LogP contribution in [0.15, 0.2) is 12.1 Å². The van der Waals surface area contributed by atoms with Gasteiger partial charge in [0, 0.05) is 18.8 Å². The number of benzene rings is 1. The maximum Gasteiger partial charge on any atom is 0.145 e. The summed E-state index contributed by atoms with van der Waals surface area (Å²) in [4.78, 5) is 0. The highest BCUT2D eigenvalue weighted by molar-refractivity contribution is 5.57. The van der Waals surface area contributed by atoms with Gasteiger partial charge in [-0.3, -0.25) is 0 Å². The van der Waals surface area contributed by atoms with Crippen molar-refractivity contribution in [1.29, 1.82) is 0 Å². The standard InChI is InChI=1S/C13H19NO2/c1-4-10-5-9(2)13(6-12(10)14-3)16-11-7-15-8-11/h5-6,11,14H,4,7-8H2,1-3H3. The van der Waals surface area contributed by atoms with E-state index in [1.165, 1.54) is 11.1 Å². The average Bonchev–Trinajstić information content (AvgIpc) is 2.24. The molecule has 0 aliphatic carbocycles. The van der Waals surface area contributed by atoms with Crippen molar-refractivity contribution in [3.05, 3.63) is 23.3 Å². The fraction of sp³-hybridized carbons (Fsp3) is 0.538. The van der Waals surface area contributed by atoms with Crippen molar-refractivity contribution in [2.45, 2.75) is 26.4 Å². The topological polar surface area (TPSA) is 30.5 Å². The molecule has 0 amide bonds. The first kappa shape index (κ1) is 11.3. The quantitative estimate of drug-likeness (QED) is 0.846. The Hall–Kier alpha value is -1.22. The molecule has 0 radical (unpaired) electrons. The van der Waals surface area contributed by atoms with Crippen LogP contribution in [0.4, 0.5) is 5.69 Å². The summed E-state index contributed by atoms with van der Waals surface area (Å²) >= 11 is 0. The van der Waals surface area contributed by atoms with Crippen molar-refractivity contribution >= 4 is 5.69 Å². The first-order valence-corrected chi connectivity index (χ1v) is 5.80. The van der Waals surface area contributed by atoms with Crippen LogP contribution in [0, 0.1) is 6.92 Å². The molecule has 1 saturated heterocycles.